The first-order valence-electron chi connectivity index (χ1n) is 3.21. The molecular formula is C7H7BrN2O2. The molecule has 12 heavy (non-hydrogen) atoms. The summed E-state index contributed by atoms with van der Waals surface area (Å²) in [6, 6.07) is 3.41. The standard InChI is InChI=1S/C7H7BrN2O2/c8-6-2-1-5(3-10-6)12-4-7(9)11/h1-3H,4H2,(H2,9,11). The zero-order valence-corrected chi connectivity index (χ0v) is 7.74. The van der Waals surface area contributed by atoms with E-state index in [9.17, 15) is 4.79 Å². The molecule has 0 unspecified atom stereocenters. The largest absolute Gasteiger partial charge is 0.482 e. The van der Waals surface area contributed by atoms with Crippen LogP contribution in [0.3, 0.4) is 0 Å². The van der Waals surface area contributed by atoms with Crippen molar-refractivity contribution in [2.45, 2.75) is 0 Å². The van der Waals surface area contributed by atoms with E-state index >= 15 is 0 Å². The highest BCUT2D eigenvalue weighted by atomic mass is 79.9. The maximum Gasteiger partial charge on any atom is 0.255 e. The van der Waals surface area contributed by atoms with Crippen molar-refractivity contribution in [2.24, 2.45) is 5.73 Å². The van der Waals surface area contributed by atoms with Crippen LogP contribution in [0.15, 0.2) is 22.9 Å². The second-order valence-corrected chi connectivity index (χ2v) is 2.88. The summed E-state index contributed by atoms with van der Waals surface area (Å²) in [4.78, 5) is 14.2. The Labute approximate surface area is 77.9 Å². The summed E-state index contributed by atoms with van der Waals surface area (Å²) in [6.45, 7) is -0.122. The lowest BCUT2D eigenvalue weighted by atomic mass is 10.5. The Morgan fingerprint density at radius 3 is 2.92 bits per heavy atom. The van der Waals surface area contributed by atoms with Gasteiger partial charge in [0.05, 0.1) is 6.20 Å². The molecular weight excluding hydrogens is 224 g/mol. The molecule has 1 aromatic rings. The number of hydrogen-bond donors (Lipinski definition) is 1. The monoisotopic (exact) mass is 230 g/mol. The third kappa shape index (κ3) is 2.87. The number of ether oxygens (including phenoxy) is 1. The summed E-state index contributed by atoms with van der Waals surface area (Å²) >= 11 is 3.17. The molecule has 1 aromatic heterocycles. The van der Waals surface area contributed by atoms with Crippen LogP contribution in [0.4, 0.5) is 0 Å². The average Bonchev–Trinajstić information content (AvgIpc) is 2.03. The minimum absolute atomic E-state index is 0.122. The number of nitrogens with two attached hydrogens (primary N) is 1. The predicted octanol–water partition coefficient (Wildman–Crippen LogP) is 0.708. The van der Waals surface area contributed by atoms with Crippen molar-refractivity contribution in [2.75, 3.05) is 6.61 Å². The van der Waals surface area contributed by atoms with E-state index in [4.69, 9.17) is 10.5 Å². The highest BCUT2D eigenvalue weighted by Crippen LogP contribution is 2.11. The van der Waals surface area contributed by atoms with Crippen LogP contribution in [0.1, 0.15) is 0 Å². The van der Waals surface area contributed by atoms with E-state index in [1.54, 1.807) is 12.1 Å². The number of amides is 1. The van der Waals surface area contributed by atoms with Gasteiger partial charge < -0.3 is 10.5 Å². The van der Waals surface area contributed by atoms with Crippen LogP contribution in [-0.4, -0.2) is 17.5 Å². The van der Waals surface area contributed by atoms with Gasteiger partial charge in [0.2, 0.25) is 0 Å². The van der Waals surface area contributed by atoms with Crippen molar-refractivity contribution in [3.63, 3.8) is 0 Å². The van der Waals surface area contributed by atoms with Crippen LogP contribution < -0.4 is 10.5 Å². The van der Waals surface area contributed by atoms with Gasteiger partial charge in [-0.1, -0.05) is 0 Å². The van der Waals surface area contributed by atoms with Crippen LogP contribution in [0.25, 0.3) is 0 Å². The van der Waals surface area contributed by atoms with Gasteiger partial charge in [-0.25, -0.2) is 4.98 Å². The van der Waals surface area contributed by atoms with E-state index in [2.05, 4.69) is 20.9 Å². The molecule has 64 valence electrons. The topological polar surface area (TPSA) is 65.2 Å². The van der Waals surface area contributed by atoms with Crippen molar-refractivity contribution >= 4 is 21.8 Å². The number of primary amides is 1. The smallest absolute Gasteiger partial charge is 0.255 e. The number of nitrogens with zero attached hydrogens (tertiary/aromatic N) is 1. The van der Waals surface area contributed by atoms with Gasteiger partial charge in [0.15, 0.2) is 6.61 Å². The van der Waals surface area contributed by atoms with Crippen molar-refractivity contribution in [1.82, 2.24) is 4.98 Å². The first kappa shape index (κ1) is 8.99. The van der Waals surface area contributed by atoms with Gasteiger partial charge in [0.25, 0.3) is 5.91 Å². The van der Waals surface area contributed by atoms with E-state index in [1.165, 1.54) is 6.20 Å². The number of carbonyl (C=O) groups is 1. The number of rotatable bonds is 3. The van der Waals surface area contributed by atoms with Crippen molar-refractivity contribution in [3.8, 4) is 5.75 Å². The highest BCUT2D eigenvalue weighted by molar-refractivity contribution is 9.10. The first-order chi connectivity index (χ1) is 5.68. The molecule has 0 aliphatic carbocycles. The maximum absolute atomic E-state index is 10.3. The van der Waals surface area contributed by atoms with E-state index in [-0.39, 0.29) is 6.61 Å². The highest BCUT2D eigenvalue weighted by Gasteiger charge is 1.96. The molecule has 4 nitrogen and oxygen atoms in total. The SMILES string of the molecule is NC(=O)COc1ccc(Br)nc1. The van der Waals surface area contributed by atoms with Gasteiger partial charge in [-0.2, -0.15) is 0 Å². The van der Waals surface area contributed by atoms with Crippen LogP contribution in [0.5, 0.6) is 5.75 Å². The Hall–Kier alpha value is -1.10. The molecule has 1 amide bonds. The Morgan fingerprint density at radius 2 is 2.42 bits per heavy atom. The van der Waals surface area contributed by atoms with Crippen molar-refractivity contribution < 1.29 is 9.53 Å². The van der Waals surface area contributed by atoms with Gasteiger partial charge in [0.1, 0.15) is 10.4 Å². The molecule has 0 atom stereocenters. The fourth-order valence-corrected chi connectivity index (χ4v) is 0.837. The summed E-state index contributed by atoms with van der Waals surface area (Å²) < 4.78 is 5.68. The number of halogens is 1. The number of carbonyl (C=O) groups excluding carboxylic acids is 1. The lowest BCUT2D eigenvalue weighted by molar-refractivity contribution is -0.119. The molecule has 0 aliphatic rings. The van der Waals surface area contributed by atoms with E-state index < -0.39 is 5.91 Å². The first-order valence-corrected chi connectivity index (χ1v) is 4.00. The second kappa shape index (κ2) is 4.06. The molecule has 0 spiro atoms. The molecule has 1 heterocycles. The number of pyridine rings is 1. The minimum atomic E-state index is -0.502. The zero-order chi connectivity index (χ0) is 8.97. The molecule has 0 saturated carbocycles. The molecule has 0 fully saturated rings. The number of hydrogen-bond acceptors (Lipinski definition) is 3. The fourth-order valence-electron chi connectivity index (χ4n) is 0.602. The Kier molecular flexibility index (Phi) is 3.04. The van der Waals surface area contributed by atoms with Crippen LogP contribution in [0.2, 0.25) is 0 Å². The summed E-state index contributed by atoms with van der Waals surface area (Å²) in [5.74, 6) is 0.0231. The second-order valence-electron chi connectivity index (χ2n) is 2.07. The van der Waals surface area contributed by atoms with Crippen LogP contribution in [-0.2, 0) is 4.79 Å². The van der Waals surface area contributed by atoms with Gasteiger partial charge in [0, 0.05) is 0 Å². The Bertz CT molecular complexity index is 273. The molecule has 0 bridgehead atoms. The Morgan fingerprint density at radius 1 is 1.67 bits per heavy atom. The normalized spacial score (nSPS) is 9.42. The molecule has 0 saturated heterocycles. The fraction of sp³-hybridized carbons (Fsp3) is 0.143. The third-order valence-electron chi connectivity index (χ3n) is 1.08. The quantitative estimate of drug-likeness (QED) is 0.779. The summed E-state index contributed by atoms with van der Waals surface area (Å²) in [5, 5.41) is 0. The van der Waals surface area contributed by atoms with Gasteiger partial charge in [-0.3, -0.25) is 4.79 Å². The summed E-state index contributed by atoms with van der Waals surface area (Å²) in [6.07, 6.45) is 1.51. The van der Waals surface area contributed by atoms with Crippen molar-refractivity contribution in [3.05, 3.63) is 22.9 Å². The predicted molar refractivity (Wildman–Crippen MR) is 46.6 cm³/mol. The molecule has 5 heteroatoms. The van der Waals surface area contributed by atoms with Crippen LogP contribution >= 0.6 is 15.9 Å². The average molecular weight is 231 g/mol. The molecule has 2 N–H and O–H groups in total. The lowest BCUT2D eigenvalue weighted by Crippen LogP contribution is -2.20. The maximum atomic E-state index is 10.3. The summed E-state index contributed by atoms with van der Waals surface area (Å²) in [7, 11) is 0. The van der Waals surface area contributed by atoms with Gasteiger partial charge in [-0.15, -0.1) is 0 Å². The van der Waals surface area contributed by atoms with E-state index in [0.29, 0.717) is 10.4 Å². The molecule has 0 aliphatic heterocycles. The lowest BCUT2D eigenvalue weighted by Gasteiger charge is -2.01. The Balaban J connectivity index is 2.53. The molecule has 0 aromatic carbocycles. The molecule has 0 radical (unpaired) electrons. The minimum Gasteiger partial charge on any atom is -0.482 e. The summed E-state index contributed by atoms with van der Waals surface area (Å²) in [5.41, 5.74) is 4.88. The zero-order valence-electron chi connectivity index (χ0n) is 6.16. The van der Waals surface area contributed by atoms with Crippen molar-refractivity contribution in [1.29, 1.82) is 0 Å². The molecule has 1 rings (SSSR count). The number of aromatic nitrogens is 1. The van der Waals surface area contributed by atoms with Gasteiger partial charge in [-0.05, 0) is 28.1 Å². The van der Waals surface area contributed by atoms with E-state index in [1.807, 2.05) is 0 Å². The van der Waals surface area contributed by atoms with Gasteiger partial charge >= 0.3 is 0 Å². The third-order valence-corrected chi connectivity index (χ3v) is 1.55. The van der Waals surface area contributed by atoms with Crippen LogP contribution in [0, 0.1) is 0 Å². The van der Waals surface area contributed by atoms with E-state index in [0.717, 1.165) is 0 Å².